The Bertz CT molecular complexity index is 979. The molecular weight excluding hydrogens is 350 g/mol. The van der Waals surface area contributed by atoms with Gasteiger partial charge in [0.05, 0.1) is 11.9 Å². The van der Waals surface area contributed by atoms with Gasteiger partial charge in [0.1, 0.15) is 5.69 Å². The molecule has 28 heavy (non-hydrogen) atoms. The number of hydrogen-bond donors (Lipinski definition) is 1. The van der Waals surface area contributed by atoms with Crippen molar-refractivity contribution in [3.63, 3.8) is 0 Å². The molecule has 0 saturated carbocycles. The van der Waals surface area contributed by atoms with Crippen LogP contribution < -0.4 is 10.2 Å². The normalized spacial score (nSPS) is 10.4. The van der Waals surface area contributed by atoms with Crippen molar-refractivity contribution in [3.05, 3.63) is 83.7 Å². The molecule has 0 fully saturated rings. The van der Waals surface area contributed by atoms with Crippen molar-refractivity contribution in [2.75, 3.05) is 16.8 Å². The lowest BCUT2D eigenvalue weighted by Gasteiger charge is -2.23. The number of aryl methyl sites for hydroxylation is 1. The summed E-state index contributed by atoms with van der Waals surface area (Å²) in [5, 5.41) is 2.80. The maximum Gasteiger partial charge on any atom is 0.274 e. The number of benzene rings is 2. The molecule has 0 radical (unpaired) electrons. The van der Waals surface area contributed by atoms with Crippen molar-refractivity contribution in [1.29, 1.82) is 0 Å². The van der Waals surface area contributed by atoms with Crippen molar-refractivity contribution >= 4 is 28.8 Å². The Balaban J connectivity index is 1.74. The second-order valence-electron chi connectivity index (χ2n) is 6.57. The van der Waals surface area contributed by atoms with E-state index in [2.05, 4.69) is 47.2 Å². The summed E-state index contributed by atoms with van der Waals surface area (Å²) < 4.78 is 0. The van der Waals surface area contributed by atoms with Gasteiger partial charge in [0.25, 0.3) is 5.91 Å². The van der Waals surface area contributed by atoms with E-state index in [1.165, 1.54) is 12.5 Å². The number of rotatable bonds is 6. The molecule has 5 nitrogen and oxygen atoms in total. The van der Waals surface area contributed by atoms with Crippen molar-refractivity contribution in [3.8, 4) is 0 Å². The Labute approximate surface area is 165 Å². The lowest BCUT2D eigenvalue weighted by Crippen LogP contribution is -2.18. The number of Topliss-reactive ketones (excluding diaryl/α,β-unsaturated/α-hetero) is 1. The van der Waals surface area contributed by atoms with Crippen molar-refractivity contribution in [1.82, 2.24) is 4.98 Å². The van der Waals surface area contributed by atoms with Crippen LogP contribution in [0.5, 0.6) is 0 Å². The van der Waals surface area contributed by atoms with Crippen LogP contribution in [0.3, 0.4) is 0 Å². The SMILES string of the molecule is CCN(c1ccc(C(=O)Nc2ccc(C(C)=O)cc2)nc1)c1cccc(C)c1. The summed E-state index contributed by atoms with van der Waals surface area (Å²) in [4.78, 5) is 30.2. The molecule has 0 atom stereocenters. The van der Waals surface area contributed by atoms with Gasteiger partial charge in [-0.3, -0.25) is 9.59 Å². The molecule has 0 aliphatic carbocycles. The van der Waals surface area contributed by atoms with Gasteiger partial charge < -0.3 is 10.2 Å². The minimum Gasteiger partial charge on any atom is -0.341 e. The quantitative estimate of drug-likeness (QED) is 0.618. The fraction of sp³-hybridized carbons (Fsp3) is 0.174. The maximum absolute atomic E-state index is 12.4. The molecule has 3 rings (SSSR count). The molecule has 1 aromatic heterocycles. The standard InChI is InChI=1S/C23H23N3O2/c1-4-26(20-7-5-6-16(2)14-20)21-12-13-22(24-15-21)23(28)25-19-10-8-18(9-11-19)17(3)27/h5-15H,4H2,1-3H3,(H,25,28). The molecule has 0 aliphatic rings. The van der Waals surface area contributed by atoms with Gasteiger partial charge >= 0.3 is 0 Å². The van der Waals surface area contributed by atoms with E-state index in [4.69, 9.17) is 0 Å². The first kappa shape index (κ1) is 19.3. The van der Waals surface area contributed by atoms with Crippen LogP contribution >= 0.6 is 0 Å². The van der Waals surface area contributed by atoms with Crippen LogP contribution in [0.15, 0.2) is 66.9 Å². The van der Waals surface area contributed by atoms with E-state index in [-0.39, 0.29) is 11.7 Å². The predicted octanol–water partition coefficient (Wildman–Crippen LogP) is 5.00. The van der Waals surface area contributed by atoms with E-state index in [0.29, 0.717) is 16.9 Å². The Morgan fingerprint density at radius 3 is 2.32 bits per heavy atom. The van der Waals surface area contributed by atoms with E-state index >= 15 is 0 Å². The lowest BCUT2D eigenvalue weighted by molar-refractivity contribution is 0.101. The fourth-order valence-electron chi connectivity index (χ4n) is 2.97. The molecule has 1 N–H and O–H groups in total. The van der Waals surface area contributed by atoms with E-state index in [1.54, 1.807) is 36.5 Å². The van der Waals surface area contributed by atoms with Crippen LogP contribution in [-0.4, -0.2) is 23.2 Å². The van der Waals surface area contributed by atoms with Gasteiger partial charge in [-0.1, -0.05) is 12.1 Å². The van der Waals surface area contributed by atoms with E-state index in [0.717, 1.165) is 17.9 Å². The third kappa shape index (κ3) is 4.43. The van der Waals surface area contributed by atoms with Gasteiger partial charge in [0.2, 0.25) is 0 Å². The Morgan fingerprint density at radius 2 is 1.75 bits per heavy atom. The van der Waals surface area contributed by atoms with Crippen molar-refractivity contribution < 1.29 is 9.59 Å². The summed E-state index contributed by atoms with van der Waals surface area (Å²) >= 11 is 0. The number of pyridine rings is 1. The first-order valence-electron chi connectivity index (χ1n) is 9.20. The molecule has 5 heteroatoms. The molecule has 2 aromatic carbocycles. The van der Waals surface area contributed by atoms with Gasteiger partial charge in [-0.05, 0) is 74.9 Å². The number of nitrogens with one attached hydrogen (secondary N) is 1. The van der Waals surface area contributed by atoms with Crippen molar-refractivity contribution in [2.45, 2.75) is 20.8 Å². The van der Waals surface area contributed by atoms with Crippen LogP contribution in [0.25, 0.3) is 0 Å². The monoisotopic (exact) mass is 373 g/mol. The summed E-state index contributed by atoms with van der Waals surface area (Å²) in [6.45, 7) is 6.44. The number of ketones is 1. The summed E-state index contributed by atoms with van der Waals surface area (Å²) in [5.41, 5.74) is 4.77. The van der Waals surface area contributed by atoms with Gasteiger partial charge in [-0.15, -0.1) is 0 Å². The highest BCUT2D eigenvalue weighted by molar-refractivity contribution is 6.03. The largest absolute Gasteiger partial charge is 0.341 e. The number of hydrogen-bond acceptors (Lipinski definition) is 4. The third-order valence-electron chi connectivity index (χ3n) is 4.47. The maximum atomic E-state index is 12.4. The zero-order chi connectivity index (χ0) is 20.1. The van der Waals surface area contributed by atoms with Gasteiger partial charge in [-0.2, -0.15) is 0 Å². The molecule has 142 valence electrons. The number of nitrogens with zero attached hydrogens (tertiary/aromatic N) is 2. The lowest BCUT2D eigenvalue weighted by atomic mass is 10.1. The highest BCUT2D eigenvalue weighted by Crippen LogP contribution is 2.25. The predicted molar refractivity (Wildman–Crippen MR) is 112 cm³/mol. The highest BCUT2D eigenvalue weighted by atomic mass is 16.2. The molecule has 0 unspecified atom stereocenters. The molecule has 3 aromatic rings. The topological polar surface area (TPSA) is 62.3 Å². The molecule has 0 spiro atoms. The Kier molecular flexibility index (Phi) is 5.84. The number of carbonyl (C=O) groups excluding carboxylic acids is 2. The fourth-order valence-corrected chi connectivity index (χ4v) is 2.97. The van der Waals surface area contributed by atoms with Crippen LogP contribution in [0.4, 0.5) is 17.1 Å². The van der Waals surface area contributed by atoms with Crippen LogP contribution in [0.1, 0.15) is 40.3 Å². The number of amides is 1. The molecule has 0 aliphatic heterocycles. The second-order valence-corrected chi connectivity index (χ2v) is 6.57. The second kappa shape index (κ2) is 8.48. The minimum atomic E-state index is -0.291. The number of carbonyl (C=O) groups is 2. The summed E-state index contributed by atoms with van der Waals surface area (Å²) in [7, 11) is 0. The van der Waals surface area contributed by atoms with Crippen LogP contribution in [0.2, 0.25) is 0 Å². The van der Waals surface area contributed by atoms with E-state index < -0.39 is 0 Å². The Hall–Kier alpha value is -3.47. The van der Waals surface area contributed by atoms with Crippen LogP contribution in [-0.2, 0) is 0 Å². The van der Waals surface area contributed by atoms with Gasteiger partial charge in [0, 0.05) is 23.5 Å². The average molecular weight is 373 g/mol. The number of anilines is 3. The zero-order valence-corrected chi connectivity index (χ0v) is 16.3. The summed E-state index contributed by atoms with van der Waals surface area (Å²) in [5.74, 6) is -0.301. The number of aromatic nitrogens is 1. The smallest absolute Gasteiger partial charge is 0.274 e. The average Bonchev–Trinajstić information content (AvgIpc) is 2.69. The first-order chi connectivity index (χ1) is 13.5. The zero-order valence-electron chi connectivity index (χ0n) is 16.3. The van der Waals surface area contributed by atoms with Gasteiger partial charge in [-0.25, -0.2) is 4.98 Å². The molecule has 1 heterocycles. The molecule has 0 bridgehead atoms. The molecular formula is C23H23N3O2. The van der Waals surface area contributed by atoms with E-state index in [9.17, 15) is 9.59 Å². The summed E-state index contributed by atoms with van der Waals surface area (Å²) in [6.07, 6.45) is 1.71. The molecule has 1 amide bonds. The summed E-state index contributed by atoms with van der Waals surface area (Å²) in [6, 6.07) is 18.7. The van der Waals surface area contributed by atoms with Crippen molar-refractivity contribution in [2.24, 2.45) is 0 Å². The Morgan fingerprint density at radius 1 is 1.00 bits per heavy atom. The third-order valence-corrected chi connectivity index (χ3v) is 4.47. The van der Waals surface area contributed by atoms with E-state index in [1.807, 2.05) is 12.1 Å². The highest BCUT2D eigenvalue weighted by Gasteiger charge is 2.12. The first-order valence-corrected chi connectivity index (χ1v) is 9.20. The van der Waals surface area contributed by atoms with Gasteiger partial charge in [0.15, 0.2) is 5.78 Å². The minimum absolute atomic E-state index is 0.00998. The molecule has 0 saturated heterocycles. The van der Waals surface area contributed by atoms with Crippen LogP contribution in [0, 0.1) is 6.92 Å².